The van der Waals surface area contributed by atoms with Crippen molar-refractivity contribution in [3.8, 4) is 0 Å². The predicted molar refractivity (Wildman–Crippen MR) is 95.6 cm³/mol. The summed E-state index contributed by atoms with van der Waals surface area (Å²) in [6.45, 7) is 3.65. The summed E-state index contributed by atoms with van der Waals surface area (Å²) in [5.74, 6) is -1.21. The summed E-state index contributed by atoms with van der Waals surface area (Å²) >= 11 is 0. The second-order valence-corrected chi connectivity index (χ2v) is 8.02. The predicted octanol–water partition coefficient (Wildman–Crippen LogP) is 2.06. The Balaban J connectivity index is 1.37. The van der Waals surface area contributed by atoms with Crippen LogP contribution in [-0.4, -0.2) is 47.4 Å². The minimum atomic E-state index is -0.708. The third kappa shape index (κ3) is 2.87. The van der Waals surface area contributed by atoms with Gasteiger partial charge in [0.05, 0.1) is 11.8 Å². The molecule has 2 heterocycles. The summed E-state index contributed by atoms with van der Waals surface area (Å²) in [7, 11) is 0. The van der Waals surface area contributed by atoms with Gasteiger partial charge in [-0.25, -0.2) is 0 Å². The van der Waals surface area contributed by atoms with E-state index in [0.29, 0.717) is 19.6 Å². The smallest absolute Gasteiger partial charge is 0.307 e. The van der Waals surface area contributed by atoms with Crippen LogP contribution in [0, 0.1) is 24.2 Å². The van der Waals surface area contributed by atoms with Gasteiger partial charge in [0.15, 0.2) is 0 Å². The molecule has 1 aromatic rings. The number of carbonyl (C=O) groups is 3. The fraction of sp³-hybridized carbons (Fsp3) is 0.550. The lowest BCUT2D eigenvalue weighted by Gasteiger charge is -2.34. The Morgan fingerprint density at radius 1 is 1.15 bits per heavy atom. The van der Waals surface area contributed by atoms with Gasteiger partial charge in [0.2, 0.25) is 11.8 Å². The molecule has 4 rings (SSSR count). The first-order chi connectivity index (χ1) is 12.4. The van der Waals surface area contributed by atoms with Crippen LogP contribution in [0.25, 0.3) is 0 Å². The van der Waals surface area contributed by atoms with E-state index in [2.05, 4.69) is 0 Å². The second kappa shape index (κ2) is 6.11. The van der Waals surface area contributed by atoms with E-state index < -0.39 is 5.97 Å². The summed E-state index contributed by atoms with van der Waals surface area (Å²) in [6, 6.07) is 7.78. The van der Waals surface area contributed by atoms with Crippen molar-refractivity contribution in [1.82, 2.24) is 4.90 Å². The van der Waals surface area contributed by atoms with E-state index in [0.717, 1.165) is 30.5 Å². The van der Waals surface area contributed by atoms with Gasteiger partial charge in [0.1, 0.15) is 0 Å². The second-order valence-electron chi connectivity index (χ2n) is 8.02. The quantitative estimate of drug-likeness (QED) is 0.899. The number of rotatable bonds is 3. The molecule has 1 saturated carbocycles. The van der Waals surface area contributed by atoms with E-state index in [-0.39, 0.29) is 35.5 Å². The van der Waals surface area contributed by atoms with Crippen LogP contribution in [0.5, 0.6) is 0 Å². The molecule has 2 unspecified atom stereocenters. The SMILES string of the molecule is Cc1ccc(N2CC(C(=O)N3CCC4(CC3)CC4C(=O)O)CC2=O)cc1. The van der Waals surface area contributed by atoms with Crippen LogP contribution in [0.2, 0.25) is 0 Å². The Morgan fingerprint density at radius 2 is 1.81 bits per heavy atom. The molecule has 0 bridgehead atoms. The van der Waals surface area contributed by atoms with E-state index in [1.54, 1.807) is 4.90 Å². The molecule has 6 nitrogen and oxygen atoms in total. The van der Waals surface area contributed by atoms with Gasteiger partial charge in [0, 0.05) is 31.7 Å². The minimum absolute atomic E-state index is 0.00573. The lowest BCUT2D eigenvalue weighted by molar-refractivity contribution is -0.140. The van der Waals surface area contributed by atoms with Gasteiger partial charge in [-0.2, -0.15) is 0 Å². The van der Waals surface area contributed by atoms with E-state index in [1.165, 1.54) is 0 Å². The molecule has 1 N–H and O–H groups in total. The van der Waals surface area contributed by atoms with Gasteiger partial charge in [-0.1, -0.05) is 17.7 Å². The Hall–Kier alpha value is -2.37. The number of hydrogen-bond acceptors (Lipinski definition) is 3. The topological polar surface area (TPSA) is 77.9 Å². The Morgan fingerprint density at radius 3 is 2.38 bits per heavy atom. The van der Waals surface area contributed by atoms with E-state index >= 15 is 0 Å². The zero-order valence-corrected chi connectivity index (χ0v) is 15.0. The van der Waals surface area contributed by atoms with Crippen molar-refractivity contribution in [3.63, 3.8) is 0 Å². The number of carboxylic acids is 1. The van der Waals surface area contributed by atoms with Crippen molar-refractivity contribution in [3.05, 3.63) is 29.8 Å². The highest BCUT2D eigenvalue weighted by molar-refractivity contribution is 6.00. The van der Waals surface area contributed by atoms with Gasteiger partial charge in [0.25, 0.3) is 0 Å². The van der Waals surface area contributed by atoms with Crippen LogP contribution in [-0.2, 0) is 14.4 Å². The van der Waals surface area contributed by atoms with Gasteiger partial charge < -0.3 is 14.9 Å². The average Bonchev–Trinajstić information content (AvgIpc) is 3.19. The molecule has 6 heteroatoms. The summed E-state index contributed by atoms with van der Waals surface area (Å²) in [5.41, 5.74) is 1.90. The summed E-state index contributed by atoms with van der Waals surface area (Å²) < 4.78 is 0. The van der Waals surface area contributed by atoms with Crippen LogP contribution < -0.4 is 4.90 Å². The number of aliphatic carboxylic acids is 1. The minimum Gasteiger partial charge on any atom is -0.481 e. The van der Waals surface area contributed by atoms with E-state index in [4.69, 9.17) is 0 Å². The van der Waals surface area contributed by atoms with Crippen molar-refractivity contribution in [2.45, 2.75) is 32.6 Å². The molecule has 2 aliphatic heterocycles. The number of piperidine rings is 1. The van der Waals surface area contributed by atoms with Crippen LogP contribution >= 0.6 is 0 Å². The number of amides is 2. The number of hydrogen-bond donors (Lipinski definition) is 1. The van der Waals surface area contributed by atoms with Crippen molar-refractivity contribution in [2.24, 2.45) is 17.3 Å². The van der Waals surface area contributed by atoms with Crippen molar-refractivity contribution >= 4 is 23.5 Å². The standard InChI is InChI=1S/C20H24N2O4/c1-13-2-4-15(5-3-13)22-12-14(10-17(22)23)18(24)21-8-6-20(7-9-21)11-16(20)19(25)26/h2-5,14,16H,6-12H2,1H3,(H,25,26). The molecular weight excluding hydrogens is 332 g/mol. The zero-order chi connectivity index (χ0) is 18.5. The molecule has 2 saturated heterocycles. The van der Waals surface area contributed by atoms with Crippen molar-refractivity contribution < 1.29 is 19.5 Å². The number of nitrogens with zero attached hydrogens (tertiary/aromatic N) is 2. The maximum Gasteiger partial charge on any atom is 0.307 e. The van der Waals surface area contributed by atoms with Crippen LogP contribution in [0.4, 0.5) is 5.69 Å². The number of benzene rings is 1. The first kappa shape index (κ1) is 17.1. The van der Waals surface area contributed by atoms with Gasteiger partial charge >= 0.3 is 5.97 Å². The number of carboxylic acid groups (broad SMARTS) is 1. The Kier molecular flexibility index (Phi) is 4.01. The lowest BCUT2D eigenvalue weighted by atomic mass is 9.90. The monoisotopic (exact) mass is 356 g/mol. The normalized spacial score (nSPS) is 27.0. The highest BCUT2D eigenvalue weighted by Crippen LogP contribution is 2.59. The Bertz CT molecular complexity index is 750. The summed E-state index contributed by atoms with van der Waals surface area (Å²) in [4.78, 5) is 39.9. The first-order valence-corrected chi connectivity index (χ1v) is 9.28. The van der Waals surface area contributed by atoms with Gasteiger partial charge in [-0.05, 0) is 43.7 Å². The average molecular weight is 356 g/mol. The molecule has 0 radical (unpaired) electrons. The van der Waals surface area contributed by atoms with Crippen molar-refractivity contribution in [2.75, 3.05) is 24.5 Å². The highest BCUT2D eigenvalue weighted by Gasteiger charge is 2.59. The molecule has 1 aromatic carbocycles. The highest BCUT2D eigenvalue weighted by atomic mass is 16.4. The van der Waals surface area contributed by atoms with Crippen LogP contribution in [0.3, 0.4) is 0 Å². The Labute approximate surface area is 152 Å². The molecule has 138 valence electrons. The summed E-state index contributed by atoms with van der Waals surface area (Å²) in [6.07, 6.45) is 2.52. The zero-order valence-electron chi connectivity index (χ0n) is 15.0. The van der Waals surface area contributed by atoms with E-state index in [9.17, 15) is 19.5 Å². The maximum absolute atomic E-state index is 12.9. The molecule has 2 atom stereocenters. The largest absolute Gasteiger partial charge is 0.481 e. The molecule has 1 spiro atoms. The molecule has 1 aliphatic carbocycles. The number of aryl methyl sites for hydroxylation is 1. The third-order valence-corrected chi connectivity index (χ3v) is 6.38. The maximum atomic E-state index is 12.9. The lowest BCUT2D eigenvalue weighted by Crippen LogP contribution is -2.43. The third-order valence-electron chi connectivity index (χ3n) is 6.38. The van der Waals surface area contributed by atoms with Crippen molar-refractivity contribution in [1.29, 1.82) is 0 Å². The molecule has 0 aromatic heterocycles. The fourth-order valence-corrected chi connectivity index (χ4v) is 4.53. The van der Waals surface area contributed by atoms with Crippen LogP contribution in [0.1, 0.15) is 31.2 Å². The summed E-state index contributed by atoms with van der Waals surface area (Å²) in [5, 5.41) is 9.18. The molecule has 26 heavy (non-hydrogen) atoms. The first-order valence-electron chi connectivity index (χ1n) is 9.28. The number of carbonyl (C=O) groups excluding carboxylic acids is 2. The molecule has 3 fully saturated rings. The van der Waals surface area contributed by atoms with E-state index in [1.807, 2.05) is 36.1 Å². The molecule has 2 amide bonds. The molecular formula is C20H24N2O4. The number of likely N-dealkylation sites (tertiary alicyclic amines) is 1. The number of anilines is 1. The van der Waals surface area contributed by atoms with Crippen LogP contribution in [0.15, 0.2) is 24.3 Å². The van der Waals surface area contributed by atoms with Gasteiger partial charge in [-0.3, -0.25) is 14.4 Å². The molecule has 3 aliphatic rings. The van der Waals surface area contributed by atoms with Gasteiger partial charge in [-0.15, -0.1) is 0 Å². The fourth-order valence-electron chi connectivity index (χ4n) is 4.53.